The zero-order chi connectivity index (χ0) is 19.8. The molecule has 28 heavy (non-hydrogen) atoms. The molecule has 4 atom stereocenters. The molecule has 1 aromatic heterocycles. The van der Waals surface area contributed by atoms with Gasteiger partial charge in [0.25, 0.3) is 0 Å². The molecule has 2 heterocycles. The summed E-state index contributed by atoms with van der Waals surface area (Å²) < 4.78 is 9.14. The summed E-state index contributed by atoms with van der Waals surface area (Å²) in [7, 11) is 0. The van der Waals surface area contributed by atoms with E-state index in [0.717, 1.165) is 16.8 Å². The van der Waals surface area contributed by atoms with Crippen LogP contribution in [0.2, 0.25) is 0 Å². The lowest BCUT2D eigenvalue weighted by atomic mass is 10.1. The number of benzene rings is 2. The lowest BCUT2D eigenvalue weighted by Crippen LogP contribution is -2.33. The average Bonchev–Trinajstić information content (AvgIpc) is 3.20. The number of nitrogens with zero attached hydrogens (tertiary/aromatic N) is 3. The van der Waals surface area contributed by atoms with E-state index in [-0.39, 0.29) is 0 Å². The van der Waals surface area contributed by atoms with Gasteiger partial charge in [0.1, 0.15) is 18.3 Å². The molecular weight excluding hydrogens is 378 g/mol. The van der Waals surface area contributed by atoms with Crippen LogP contribution in [0.5, 0.6) is 0 Å². The molecule has 0 spiro atoms. The Morgan fingerprint density at radius 2 is 1.71 bits per heavy atom. The topological polar surface area (TPSA) is 92.7 Å². The van der Waals surface area contributed by atoms with Gasteiger partial charge in [0.05, 0.1) is 6.61 Å². The van der Waals surface area contributed by atoms with Crippen LogP contribution >= 0.6 is 12.2 Å². The molecule has 0 bridgehead atoms. The van der Waals surface area contributed by atoms with Crippen LogP contribution in [0.15, 0.2) is 54.6 Å². The SMILES string of the molecule is Cc1ccc(-c2nn([C@@H]3O[C@H](CO)[C@@H](O)[C@H]3O)c(=S)n2-c2ccccc2)cc1. The highest BCUT2D eigenvalue weighted by atomic mass is 32.1. The Kier molecular flexibility index (Phi) is 5.13. The van der Waals surface area contributed by atoms with Crippen molar-refractivity contribution in [2.24, 2.45) is 0 Å². The Hall–Kier alpha value is -2.36. The van der Waals surface area contributed by atoms with Crippen LogP contribution in [0.25, 0.3) is 17.1 Å². The number of aliphatic hydroxyl groups is 3. The van der Waals surface area contributed by atoms with Crippen LogP contribution in [-0.2, 0) is 4.74 Å². The highest BCUT2D eigenvalue weighted by Crippen LogP contribution is 2.32. The maximum Gasteiger partial charge on any atom is 0.205 e. The number of hydrogen-bond acceptors (Lipinski definition) is 6. The van der Waals surface area contributed by atoms with Gasteiger partial charge < -0.3 is 20.1 Å². The molecule has 1 aliphatic rings. The number of aryl methyl sites for hydroxylation is 1. The molecule has 1 aliphatic heterocycles. The lowest BCUT2D eigenvalue weighted by Gasteiger charge is -2.14. The fourth-order valence-corrected chi connectivity index (χ4v) is 3.67. The van der Waals surface area contributed by atoms with Gasteiger partial charge in [-0.2, -0.15) is 0 Å². The first-order valence-electron chi connectivity index (χ1n) is 8.97. The van der Waals surface area contributed by atoms with Crippen LogP contribution in [0.1, 0.15) is 11.8 Å². The summed E-state index contributed by atoms with van der Waals surface area (Å²) in [6, 6.07) is 17.4. The molecule has 0 unspecified atom stereocenters. The quantitative estimate of drug-likeness (QED) is 0.581. The number of aliphatic hydroxyl groups excluding tert-OH is 3. The number of hydrogen-bond donors (Lipinski definition) is 3. The molecule has 2 aromatic carbocycles. The molecule has 146 valence electrons. The highest BCUT2D eigenvalue weighted by Gasteiger charge is 2.44. The molecule has 8 heteroatoms. The summed E-state index contributed by atoms with van der Waals surface area (Å²) in [5.74, 6) is 0.592. The van der Waals surface area contributed by atoms with E-state index in [0.29, 0.717) is 10.6 Å². The second-order valence-corrected chi connectivity index (χ2v) is 7.18. The smallest absolute Gasteiger partial charge is 0.205 e. The summed E-state index contributed by atoms with van der Waals surface area (Å²) >= 11 is 5.65. The Bertz CT molecular complexity index is 1020. The third-order valence-electron chi connectivity index (χ3n) is 4.88. The van der Waals surface area contributed by atoms with E-state index in [1.165, 1.54) is 4.68 Å². The van der Waals surface area contributed by atoms with Gasteiger partial charge in [-0.05, 0) is 31.3 Å². The molecule has 1 fully saturated rings. The molecule has 0 amide bonds. The van der Waals surface area contributed by atoms with Crippen molar-refractivity contribution in [2.75, 3.05) is 6.61 Å². The average molecular weight is 399 g/mol. The first-order valence-corrected chi connectivity index (χ1v) is 9.38. The normalized spacial score (nSPS) is 24.6. The third kappa shape index (κ3) is 3.19. The second kappa shape index (κ2) is 7.57. The third-order valence-corrected chi connectivity index (χ3v) is 5.25. The van der Waals surface area contributed by atoms with Crippen molar-refractivity contribution in [2.45, 2.75) is 31.5 Å². The van der Waals surface area contributed by atoms with Crippen LogP contribution in [-0.4, -0.2) is 54.6 Å². The highest BCUT2D eigenvalue weighted by molar-refractivity contribution is 7.71. The lowest BCUT2D eigenvalue weighted by molar-refractivity contribution is -0.0594. The van der Waals surface area contributed by atoms with Crippen LogP contribution in [0.3, 0.4) is 0 Å². The minimum absolute atomic E-state index is 0.316. The molecule has 3 N–H and O–H groups in total. The minimum Gasteiger partial charge on any atom is -0.394 e. The fourth-order valence-electron chi connectivity index (χ4n) is 3.33. The Balaban J connectivity index is 1.88. The van der Waals surface area contributed by atoms with Crippen molar-refractivity contribution >= 4 is 12.2 Å². The summed E-state index contributed by atoms with van der Waals surface area (Å²) in [5.41, 5.74) is 2.80. The monoisotopic (exact) mass is 399 g/mol. The first-order chi connectivity index (χ1) is 13.5. The van der Waals surface area contributed by atoms with Crippen LogP contribution in [0.4, 0.5) is 0 Å². The molecular formula is C20H21N3O4S. The molecule has 3 aromatic rings. The van der Waals surface area contributed by atoms with E-state index < -0.39 is 31.1 Å². The van der Waals surface area contributed by atoms with E-state index in [1.807, 2.05) is 61.5 Å². The molecule has 0 aliphatic carbocycles. The standard InChI is InChI=1S/C20H21N3O4S/c1-12-7-9-13(10-8-12)18-21-23(19-17(26)16(25)15(11-24)27-19)20(28)22(18)14-5-3-2-4-6-14/h2-10,15-17,19,24-26H,11H2,1H3/t15-,16-,17-,19-/m1/s1. The number of aromatic nitrogens is 3. The number of rotatable bonds is 4. The summed E-state index contributed by atoms with van der Waals surface area (Å²) in [6.07, 6.45) is -4.36. The van der Waals surface area contributed by atoms with Crippen molar-refractivity contribution in [1.29, 1.82) is 0 Å². The Morgan fingerprint density at radius 1 is 1.04 bits per heavy atom. The molecule has 1 saturated heterocycles. The Morgan fingerprint density at radius 3 is 2.32 bits per heavy atom. The van der Waals surface area contributed by atoms with Gasteiger partial charge in [-0.3, -0.25) is 4.57 Å². The number of ether oxygens (including phenoxy) is 1. The molecule has 0 radical (unpaired) electrons. The van der Waals surface area contributed by atoms with Crippen molar-refractivity contribution in [1.82, 2.24) is 14.3 Å². The van der Waals surface area contributed by atoms with E-state index in [1.54, 1.807) is 4.57 Å². The molecule has 0 saturated carbocycles. The molecule has 4 rings (SSSR count). The Labute approximate surface area is 167 Å². The number of para-hydroxylation sites is 1. The van der Waals surface area contributed by atoms with Gasteiger partial charge in [0.2, 0.25) is 4.77 Å². The predicted octanol–water partition coefficient (Wildman–Crippen LogP) is 1.99. The van der Waals surface area contributed by atoms with Crippen molar-refractivity contribution < 1.29 is 20.1 Å². The van der Waals surface area contributed by atoms with E-state index >= 15 is 0 Å². The second-order valence-electron chi connectivity index (χ2n) is 6.82. The van der Waals surface area contributed by atoms with Gasteiger partial charge in [-0.1, -0.05) is 48.0 Å². The first kappa shape index (κ1) is 19.0. The van der Waals surface area contributed by atoms with Crippen molar-refractivity contribution in [3.8, 4) is 17.1 Å². The summed E-state index contributed by atoms with van der Waals surface area (Å²) in [4.78, 5) is 0. The van der Waals surface area contributed by atoms with Crippen molar-refractivity contribution in [3.05, 3.63) is 64.9 Å². The fraction of sp³-hybridized carbons (Fsp3) is 0.300. The van der Waals surface area contributed by atoms with E-state index in [4.69, 9.17) is 17.0 Å². The van der Waals surface area contributed by atoms with Gasteiger partial charge in [-0.25, -0.2) is 4.68 Å². The summed E-state index contributed by atoms with van der Waals surface area (Å²) in [5, 5.41) is 34.5. The van der Waals surface area contributed by atoms with Gasteiger partial charge in [0, 0.05) is 11.3 Å². The zero-order valence-corrected chi connectivity index (χ0v) is 16.0. The molecule has 7 nitrogen and oxygen atoms in total. The zero-order valence-electron chi connectivity index (χ0n) is 15.2. The van der Waals surface area contributed by atoms with Crippen LogP contribution < -0.4 is 0 Å². The minimum atomic E-state index is -1.26. The maximum atomic E-state index is 10.4. The van der Waals surface area contributed by atoms with Gasteiger partial charge in [-0.15, -0.1) is 5.10 Å². The van der Waals surface area contributed by atoms with Crippen molar-refractivity contribution in [3.63, 3.8) is 0 Å². The predicted molar refractivity (Wildman–Crippen MR) is 106 cm³/mol. The van der Waals surface area contributed by atoms with E-state index in [9.17, 15) is 15.3 Å². The largest absolute Gasteiger partial charge is 0.394 e. The summed E-state index contributed by atoms with van der Waals surface area (Å²) in [6.45, 7) is 1.59. The maximum absolute atomic E-state index is 10.4. The van der Waals surface area contributed by atoms with Crippen LogP contribution in [0, 0.1) is 11.7 Å². The van der Waals surface area contributed by atoms with Gasteiger partial charge >= 0.3 is 0 Å². The van der Waals surface area contributed by atoms with E-state index in [2.05, 4.69) is 5.10 Å². The van der Waals surface area contributed by atoms with Gasteiger partial charge in [0.15, 0.2) is 12.1 Å².